The Morgan fingerprint density at radius 3 is 2.62 bits per heavy atom. The first-order chi connectivity index (χ1) is 5.95. The van der Waals surface area contributed by atoms with Crippen LogP contribution in [0.4, 0.5) is 0 Å². The van der Waals surface area contributed by atoms with Crippen molar-refractivity contribution in [1.82, 2.24) is 9.97 Å². The summed E-state index contributed by atoms with van der Waals surface area (Å²) in [7, 11) is -3.42. The topological polar surface area (TPSA) is 59.9 Å². The van der Waals surface area contributed by atoms with Crippen molar-refractivity contribution in [2.75, 3.05) is 6.26 Å². The molecule has 0 aliphatic heterocycles. The predicted molar refractivity (Wildman–Crippen MR) is 48.5 cm³/mol. The van der Waals surface area contributed by atoms with Gasteiger partial charge in [0.05, 0.1) is 16.6 Å². The minimum Gasteiger partial charge on any atom is -0.221 e. The van der Waals surface area contributed by atoms with Crippen molar-refractivity contribution in [3.63, 3.8) is 0 Å². The van der Waals surface area contributed by atoms with Gasteiger partial charge in [0.1, 0.15) is 6.20 Å². The van der Waals surface area contributed by atoms with Gasteiger partial charge in [0.15, 0.2) is 0 Å². The molecule has 7 heteroatoms. The Morgan fingerprint density at radius 1 is 1.54 bits per heavy atom. The second-order valence-electron chi connectivity index (χ2n) is 2.28. The summed E-state index contributed by atoms with van der Waals surface area (Å²) in [5.74, 6) is 0.0281. The lowest BCUT2D eigenvalue weighted by molar-refractivity contribution is 0.592. The highest BCUT2D eigenvalue weighted by atomic mass is 35.5. The van der Waals surface area contributed by atoms with Gasteiger partial charge in [-0.2, -0.15) is 0 Å². The molecule has 0 unspecified atom stereocenters. The Hall–Kier alpha value is -0.390. The minimum absolute atomic E-state index is 0.0281. The van der Waals surface area contributed by atoms with Crippen molar-refractivity contribution >= 4 is 33.0 Å². The van der Waals surface area contributed by atoms with Gasteiger partial charge in [0, 0.05) is 6.26 Å². The first-order valence-electron chi connectivity index (χ1n) is 3.15. The molecule has 1 radical (unpaired) electrons. The fourth-order valence-electron chi connectivity index (χ4n) is 0.605. The second kappa shape index (κ2) is 3.77. The summed E-state index contributed by atoms with van der Waals surface area (Å²) in [6.45, 7) is 0. The summed E-state index contributed by atoms with van der Waals surface area (Å²) < 4.78 is 22.0. The molecule has 0 aromatic carbocycles. The van der Waals surface area contributed by atoms with Gasteiger partial charge in [-0.05, 0) is 0 Å². The number of rotatable bonds is 2. The highest BCUT2D eigenvalue weighted by Crippen LogP contribution is 2.15. The van der Waals surface area contributed by atoms with E-state index in [0.29, 0.717) is 0 Å². The summed E-state index contributed by atoms with van der Waals surface area (Å²) in [6.07, 6.45) is 3.32. The number of sulfone groups is 1. The van der Waals surface area contributed by atoms with Crippen molar-refractivity contribution in [1.29, 1.82) is 0 Å². The zero-order chi connectivity index (χ0) is 10.1. The lowest BCUT2D eigenvalue weighted by atomic mass is 10.5. The fraction of sp³-hybridized carbons (Fsp3) is 0.333. The maximum atomic E-state index is 11.0. The van der Waals surface area contributed by atoms with Crippen LogP contribution in [0.15, 0.2) is 5.16 Å². The van der Waals surface area contributed by atoms with Crippen LogP contribution in [0, 0.1) is 6.20 Å². The average Bonchev–Trinajstić information content (AvgIpc) is 2.03. The van der Waals surface area contributed by atoms with Crippen LogP contribution in [0.3, 0.4) is 0 Å². The molecule has 0 N–H and O–H groups in total. The molecule has 1 rings (SSSR count). The molecule has 71 valence electrons. The Morgan fingerprint density at radius 2 is 2.15 bits per heavy atom. The van der Waals surface area contributed by atoms with Crippen LogP contribution in [0.25, 0.3) is 0 Å². The molecule has 0 fully saturated rings. The first kappa shape index (κ1) is 10.7. The van der Waals surface area contributed by atoms with Gasteiger partial charge in [-0.3, -0.25) is 0 Å². The SMILES string of the molecule is CS(=O)(=O)c1n[c]c(Cl)c(CCl)n1. The van der Waals surface area contributed by atoms with Gasteiger partial charge in [-0.1, -0.05) is 11.6 Å². The van der Waals surface area contributed by atoms with Gasteiger partial charge in [0.2, 0.25) is 15.0 Å². The van der Waals surface area contributed by atoms with Crippen molar-refractivity contribution in [2.24, 2.45) is 0 Å². The Labute approximate surface area is 85.8 Å². The quantitative estimate of drug-likeness (QED) is 0.573. The largest absolute Gasteiger partial charge is 0.247 e. The van der Waals surface area contributed by atoms with Crippen molar-refractivity contribution < 1.29 is 8.42 Å². The molecule has 0 spiro atoms. The summed E-state index contributed by atoms with van der Waals surface area (Å²) in [5, 5.41) is -0.171. The van der Waals surface area contributed by atoms with Crippen LogP contribution >= 0.6 is 23.2 Å². The molecule has 0 atom stereocenters. The Kier molecular flexibility index (Phi) is 3.10. The van der Waals surface area contributed by atoms with Crippen LogP contribution in [0.1, 0.15) is 5.69 Å². The van der Waals surface area contributed by atoms with Crippen molar-refractivity contribution in [3.8, 4) is 0 Å². The normalized spacial score (nSPS) is 11.6. The van der Waals surface area contributed by atoms with E-state index in [1.54, 1.807) is 0 Å². The molecular weight excluding hydrogens is 235 g/mol. The van der Waals surface area contributed by atoms with Gasteiger partial charge in [0.25, 0.3) is 0 Å². The molecule has 0 aliphatic carbocycles. The molecule has 0 aliphatic rings. The van der Waals surface area contributed by atoms with Crippen LogP contribution in [0.2, 0.25) is 5.02 Å². The summed E-state index contributed by atoms with van der Waals surface area (Å²) in [6, 6.07) is 0. The molecule has 4 nitrogen and oxygen atoms in total. The molecule has 13 heavy (non-hydrogen) atoms. The fourth-order valence-corrected chi connectivity index (χ4v) is 1.51. The number of aromatic nitrogens is 2. The third-order valence-corrected chi connectivity index (χ3v) is 2.59. The summed E-state index contributed by atoms with van der Waals surface area (Å²) >= 11 is 11.1. The zero-order valence-electron chi connectivity index (χ0n) is 6.58. The van der Waals surface area contributed by atoms with E-state index in [1.807, 2.05) is 0 Å². The highest BCUT2D eigenvalue weighted by molar-refractivity contribution is 7.90. The number of halogens is 2. The van der Waals surface area contributed by atoms with E-state index in [-0.39, 0.29) is 21.8 Å². The van der Waals surface area contributed by atoms with E-state index >= 15 is 0 Å². The van der Waals surface area contributed by atoms with E-state index in [0.717, 1.165) is 6.26 Å². The first-order valence-corrected chi connectivity index (χ1v) is 5.95. The van der Waals surface area contributed by atoms with Crippen LogP contribution in [0.5, 0.6) is 0 Å². The molecule has 1 heterocycles. The Bertz CT molecular complexity index is 419. The van der Waals surface area contributed by atoms with Crippen LogP contribution in [-0.4, -0.2) is 24.6 Å². The molecule has 0 saturated carbocycles. The number of hydrogen-bond acceptors (Lipinski definition) is 4. The van der Waals surface area contributed by atoms with E-state index in [4.69, 9.17) is 23.2 Å². The van der Waals surface area contributed by atoms with Gasteiger partial charge >= 0.3 is 0 Å². The van der Waals surface area contributed by atoms with E-state index in [2.05, 4.69) is 16.2 Å². The van der Waals surface area contributed by atoms with E-state index < -0.39 is 9.84 Å². The van der Waals surface area contributed by atoms with E-state index in [9.17, 15) is 8.42 Å². The van der Waals surface area contributed by atoms with Crippen molar-refractivity contribution in [2.45, 2.75) is 11.0 Å². The average molecular weight is 240 g/mol. The monoisotopic (exact) mass is 239 g/mol. The standard InChI is InChI=1S/C6H5Cl2N2O2S/c1-13(11,12)6-9-3-4(8)5(2-7)10-6/h2H2,1H3. The molecule has 1 aromatic heterocycles. The van der Waals surface area contributed by atoms with Gasteiger partial charge < -0.3 is 0 Å². The maximum Gasteiger partial charge on any atom is 0.247 e. The third kappa shape index (κ3) is 2.52. The predicted octanol–water partition coefficient (Wildman–Crippen LogP) is 1.07. The Balaban J connectivity index is 3.30. The lowest BCUT2D eigenvalue weighted by Crippen LogP contribution is -2.05. The molecule has 1 aromatic rings. The highest BCUT2D eigenvalue weighted by Gasteiger charge is 2.13. The number of nitrogens with zero attached hydrogens (tertiary/aromatic N) is 2. The lowest BCUT2D eigenvalue weighted by Gasteiger charge is -1.99. The molecule has 0 amide bonds. The summed E-state index contributed by atoms with van der Waals surface area (Å²) in [5.41, 5.74) is 0.263. The van der Waals surface area contributed by atoms with Crippen LogP contribution < -0.4 is 0 Å². The zero-order valence-corrected chi connectivity index (χ0v) is 8.91. The van der Waals surface area contributed by atoms with Gasteiger partial charge in [-0.25, -0.2) is 18.4 Å². The van der Waals surface area contributed by atoms with Crippen LogP contribution in [-0.2, 0) is 15.7 Å². The second-order valence-corrected chi connectivity index (χ2v) is 4.84. The smallest absolute Gasteiger partial charge is 0.221 e. The molecular formula is C6H5Cl2N2O2S. The van der Waals surface area contributed by atoms with E-state index in [1.165, 1.54) is 0 Å². The maximum absolute atomic E-state index is 11.0. The minimum atomic E-state index is -3.42. The van der Waals surface area contributed by atoms with Crippen molar-refractivity contribution in [3.05, 3.63) is 16.9 Å². The number of hydrogen-bond donors (Lipinski definition) is 0. The molecule has 0 bridgehead atoms. The van der Waals surface area contributed by atoms with Gasteiger partial charge in [-0.15, -0.1) is 11.6 Å². The third-order valence-electron chi connectivity index (χ3n) is 1.19. The summed E-state index contributed by atoms with van der Waals surface area (Å²) in [4.78, 5) is 7.11. The molecule has 0 saturated heterocycles. The number of alkyl halides is 1.